The van der Waals surface area contributed by atoms with E-state index < -0.39 is 0 Å². The monoisotopic (exact) mass is 236 g/mol. The molecule has 0 amide bonds. The largest absolute Gasteiger partial charge is 0.102 e. The molecule has 0 aliphatic heterocycles. The Hall–Kier alpha value is -0.780. The molecule has 0 heteroatoms. The zero-order chi connectivity index (χ0) is 13.7. The van der Waals surface area contributed by atoms with Gasteiger partial charge in [0.2, 0.25) is 0 Å². The second-order valence-corrected chi connectivity index (χ2v) is 4.09. The van der Waals surface area contributed by atoms with E-state index in [2.05, 4.69) is 52.5 Å². The summed E-state index contributed by atoms with van der Waals surface area (Å²) >= 11 is 0. The fraction of sp³-hybridized carbons (Fsp3) is 0.647. The number of hydrogen-bond donors (Lipinski definition) is 0. The van der Waals surface area contributed by atoms with Crippen molar-refractivity contribution >= 4 is 0 Å². The Morgan fingerprint density at radius 3 is 2.00 bits per heavy atom. The number of hydrogen-bond acceptors (Lipinski definition) is 0. The van der Waals surface area contributed by atoms with Crippen molar-refractivity contribution in [1.29, 1.82) is 0 Å². The first kappa shape index (κ1) is 18.6. The first-order valence-corrected chi connectivity index (χ1v) is 7.18. The highest BCUT2D eigenvalue weighted by molar-refractivity contribution is 5.21. The van der Waals surface area contributed by atoms with Crippen LogP contribution in [0.3, 0.4) is 0 Å². The number of rotatable bonds is 7. The molecule has 0 aromatic heterocycles. The molecule has 1 atom stereocenters. The molecule has 0 saturated carbocycles. The molecule has 0 saturated heterocycles. The van der Waals surface area contributed by atoms with E-state index in [-0.39, 0.29) is 0 Å². The van der Waals surface area contributed by atoms with E-state index in [0.717, 1.165) is 12.8 Å². The Kier molecular flexibility index (Phi) is 14.5. The standard InChI is InChI=1S/C15H26.C2H6/c1-6-10-14(8-3)15(9-4)12-11-13(5)7-2;1-2/h8,11-12,14H,3,6-7,9-10H2,1-2,4-5H3;1-2H3/b13-11-,15-12+;. The van der Waals surface area contributed by atoms with Crippen LogP contribution in [-0.2, 0) is 0 Å². The van der Waals surface area contributed by atoms with Gasteiger partial charge in [0.1, 0.15) is 0 Å². The highest BCUT2D eigenvalue weighted by Gasteiger charge is 2.06. The Bertz CT molecular complexity index is 230. The molecule has 0 fully saturated rings. The molecule has 0 bridgehead atoms. The molecule has 0 spiro atoms. The van der Waals surface area contributed by atoms with E-state index in [1.807, 2.05) is 13.8 Å². The summed E-state index contributed by atoms with van der Waals surface area (Å²) in [5.74, 6) is 0.570. The molecule has 1 unspecified atom stereocenters. The Morgan fingerprint density at radius 1 is 1.06 bits per heavy atom. The van der Waals surface area contributed by atoms with Crippen LogP contribution in [0.1, 0.15) is 67.2 Å². The lowest BCUT2D eigenvalue weighted by Crippen LogP contribution is -1.99. The molecule has 0 heterocycles. The van der Waals surface area contributed by atoms with E-state index >= 15 is 0 Å². The molecule has 0 rings (SSSR count). The Morgan fingerprint density at radius 2 is 1.65 bits per heavy atom. The molecule has 0 nitrogen and oxygen atoms in total. The van der Waals surface area contributed by atoms with Crippen LogP contribution in [0.25, 0.3) is 0 Å². The van der Waals surface area contributed by atoms with Gasteiger partial charge in [-0.3, -0.25) is 0 Å². The third-order valence-electron chi connectivity index (χ3n) is 2.91. The average Bonchev–Trinajstić information content (AvgIpc) is 2.39. The van der Waals surface area contributed by atoms with Gasteiger partial charge < -0.3 is 0 Å². The van der Waals surface area contributed by atoms with Crippen LogP contribution in [0.15, 0.2) is 36.0 Å². The van der Waals surface area contributed by atoms with Crippen molar-refractivity contribution in [3.8, 4) is 0 Å². The lowest BCUT2D eigenvalue weighted by molar-refractivity contribution is 0.641. The van der Waals surface area contributed by atoms with E-state index in [1.54, 1.807) is 0 Å². The molecule has 17 heavy (non-hydrogen) atoms. The lowest BCUT2D eigenvalue weighted by atomic mass is 9.92. The summed E-state index contributed by atoms with van der Waals surface area (Å²) in [5, 5.41) is 0. The Balaban J connectivity index is 0. The summed E-state index contributed by atoms with van der Waals surface area (Å²) < 4.78 is 0. The van der Waals surface area contributed by atoms with Gasteiger partial charge >= 0.3 is 0 Å². The van der Waals surface area contributed by atoms with E-state index in [9.17, 15) is 0 Å². The third-order valence-corrected chi connectivity index (χ3v) is 2.91. The molecule has 100 valence electrons. The van der Waals surface area contributed by atoms with Crippen molar-refractivity contribution < 1.29 is 0 Å². The molecule has 0 aromatic rings. The minimum Gasteiger partial charge on any atom is -0.102 e. The van der Waals surface area contributed by atoms with Crippen LogP contribution in [0.4, 0.5) is 0 Å². The van der Waals surface area contributed by atoms with Crippen LogP contribution >= 0.6 is 0 Å². The molecule has 0 aromatic carbocycles. The van der Waals surface area contributed by atoms with Crippen LogP contribution < -0.4 is 0 Å². The van der Waals surface area contributed by atoms with E-state index in [0.29, 0.717) is 5.92 Å². The SMILES string of the molecule is C=CC(CCC)/C(=C/C=C(/C)CC)CC.CC. The van der Waals surface area contributed by atoms with Crippen LogP contribution in [0.2, 0.25) is 0 Å². The summed E-state index contributed by atoms with van der Waals surface area (Å²) in [6.45, 7) is 16.8. The lowest BCUT2D eigenvalue weighted by Gasteiger charge is -2.14. The fourth-order valence-electron chi connectivity index (χ4n) is 1.64. The van der Waals surface area contributed by atoms with Gasteiger partial charge in [-0.15, -0.1) is 6.58 Å². The van der Waals surface area contributed by atoms with Gasteiger partial charge in [-0.25, -0.2) is 0 Å². The summed E-state index contributed by atoms with van der Waals surface area (Å²) in [4.78, 5) is 0. The van der Waals surface area contributed by atoms with Gasteiger partial charge in [-0.1, -0.05) is 70.4 Å². The number of allylic oxidation sites excluding steroid dienone is 5. The maximum absolute atomic E-state index is 3.93. The van der Waals surface area contributed by atoms with Crippen molar-refractivity contribution in [2.45, 2.75) is 67.2 Å². The topological polar surface area (TPSA) is 0 Å². The Labute approximate surface area is 110 Å². The zero-order valence-electron chi connectivity index (χ0n) is 12.8. The molecule has 0 aliphatic carbocycles. The van der Waals surface area contributed by atoms with Crippen LogP contribution in [0, 0.1) is 5.92 Å². The van der Waals surface area contributed by atoms with E-state index in [4.69, 9.17) is 0 Å². The predicted molar refractivity (Wildman–Crippen MR) is 82.4 cm³/mol. The smallest absolute Gasteiger partial charge is 0.00230 e. The summed E-state index contributed by atoms with van der Waals surface area (Å²) in [7, 11) is 0. The van der Waals surface area contributed by atoms with Gasteiger partial charge in [0, 0.05) is 0 Å². The second kappa shape index (κ2) is 13.3. The van der Waals surface area contributed by atoms with Crippen LogP contribution in [-0.4, -0.2) is 0 Å². The first-order chi connectivity index (χ1) is 8.19. The summed E-state index contributed by atoms with van der Waals surface area (Å²) in [6, 6.07) is 0. The molecule has 0 N–H and O–H groups in total. The normalized spacial score (nSPS) is 13.8. The molecule has 0 radical (unpaired) electrons. The minimum atomic E-state index is 0.570. The fourth-order valence-corrected chi connectivity index (χ4v) is 1.64. The summed E-state index contributed by atoms with van der Waals surface area (Å²) in [6.07, 6.45) is 11.4. The van der Waals surface area contributed by atoms with Crippen molar-refractivity contribution in [1.82, 2.24) is 0 Å². The van der Waals surface area contributed by atoms with Crippen LogP contribution in [0.5, 0.6) is 0 Å². The molecule has 0 aliphatic rings. The minimum absolute atomic E-state index is 0.570. The molecular formula is C17H32. The summed E-state index contributed by atoms with van der Waals surface area (Å²) in [5.41, 5.74) is 2.96. The zero-order valence-corrected chi connectivity index (χ0v) is 12.8. The maximum atomic E-state index is 3.93. The van der Waals surface area contributed by atoms with Gasteiger partial charge in [0.25, 0.3) is 0 Å². The molecular weight excluding hydrogens is 204 g/mol. The maximum Gasteiger partial charge on any atom is -0.00230 e. The third kappa shape index (κ3) is 8.97. The average molecular weight is 236 g/mol. The van der Waals surface area contributed by atoms with Gasteiger partial charge in [0.05, 0.1) is 0 Å². The predicted octanol–water partition coefficient (Wildman–Crippen LogP) is 6.31. The second-order valence-electron chi connectivity index (χ2n) is 4.09. The van der Waals surface area contributed by atoms with Crippen molar-refractivity contribution in [3.05, 3.63) is 36.0 Å². The first-order valence-electron chi connectivity index (χ1n) is 7.18. The quantitative estimate of drug-likeness (QED) is 0.359. The highest BCUT2D eigenvalue weighted by Crippen LogP contribution is 2.21. The highest BCUT2D eigenvalue weighted by atomic mass is 14.1. The van der Waals surface area contributed by atoms with Gasteiger partial charge in [0.15, 0.2) is 0 Å². The van der Waals surface area contributed by atoms with Crippen molar-refractivity contribution in [2.75, 3.05) is 0 Å². The van der Waals surface area contributed by atoms with Crippen molar-refractivity contribution in [2.24, 2.45) is 5.92 Å². The van der Waals surface area contributed by atoms with Crippen molar-refractivity contribution in [3.63, 3.8) is 0 Å². The van der Waals surface area contributed by atoms with Gasteiger partial charge in [-0.05, 0) is 32.1 Å². The van der Waals surface area contributed by atoms with E-state index in [1.165, 1.54) is 24.0 Å². The van der Waals surface area contributed by atoms with Gasteiger partial charge in [-0.2, -0.15) is 0 Å².